The normalized spacial score (nSPS) is 17.8. The highest BCUT2D eigenvalue weighted by atomic mass is 16.2. The van der Waals surface area contributed by atoms with Gasteiger partial charge in [0.1, 0.15) is 0 Å². The zero-order valence-corrected chi connectivity index (χ0v) is 16.6. The van der Waals surface area contributed by atoms with Gasteiger partial charge in [-0.15, -0.1) is 0 Å². The molecule has 2 atom stereocenters. The van der Waals surface area contributed by atoms with Crippen LogP contribution in [0.15, 0.2) is 71.7 Å². The highest BCUT2D eigenvalue weighted by Gasteiger charge is 2.38. The zero-order valence-electron chi connectivity index (χ0n) is 16.6. The number of nitrogens with one attached hydrogen (secondary N) is 2. The number of H-pyrrole nitrogens is 1. The molecular weight excluding hydrogens is 376 g/mol. The van der Waals surface area contributed by atoms with Gasteiger partial charge in [-0.05, 0) is 47.6 Å². The summed E-state index contributed by atoms with van der Waals surface area (Å²) < 4.78 is 1.53. The Hall–Kier alpha value is -3.67. The third kappa shape index (κ3) is 3.41. The van der Waals surface area contributed by atoms with Crippen molar-refractivity contribution < 1.29 is 4.79 Å². The van der Waals surface area contributed by atoms with Crippen molar-refractivity contribution in [3.63, 3.8) is 0 Å². The molecule has 1 fully saturated rings. The summed E-state index contributed by atoms with van der Waals surface area (Å²) >= 11 is 0. The van der Waals surface area contributed by atoms with Gasteiger partial charge in [0.25, 0.3) is 5.91 Å². The molecule has 2 N–H and O–H groups in total. The molecule has 6 heteroatoms. The molecule has 0 unspecified atom stereocenters. The minimum Gasteiger partial charge on any atom is -0.352 e. The molecule has 0 spiro atoms. The first-order chi connectivity index (χ1) is 14.6. The molecule has 4 aromatic rings. The van der Waals surface area contributed by atoms with E-state index in [1.807, 2.05) is 36.4 Å². The molecule has 0 aliphatic heterocycles. The van der Waals surface area contributed by atoms with Crippen LogP contribution in [0.5, 0.6) is 0 Å². The van der Waals surface area contributed by atoms with Crippen molar-refractivity contribution in [3.8, 4) is 11.1 Å². The fourth-order valence-corrected chi connectivity index (χ4v) is 4.01. The number of carbonyl (C=O) groups is 1. The number of amides is 1. The van der Waals surface area contributed by atoms with Crippen LogP contribution in [0.25, 0.3) is 22.3 Å². The Morgan fingerprint density at radius 1 is 1.13 bits per heavy atom. The number of hydrogen-bond donors (Lipinski definition) is 2. The summed E-state index contributed by atoms with van der Waals surface area (Å²) in [7, 11) is 1.71. The van der Waals surface area contributed by atoms with Crippen molar-refractivity contribution in [2.45, 2.75) is 12.3 Å². The van der Waals surface area contributed by atoms with Crippen molar-refractivity contribution in [3.05, 3.63) is 88.5 Å². The number of aryl methyl sites for hydroxylation is 1. The lowest BCUT2D eigenvalue weighted by atomic mass is 10.0. The molecule has 6 nitrogen and oxygen atoms in total. The summed E-state index contributed by atoms with van der Waals surface area (Å²) in [5, 5.41) is 3.08. The van der Waals surface area contributed by atoms with E-state index >= 15 is 0 Å². The van der Waals surface area contributed by atoms with Gasteiger partial charge >= 0.3 is 5.69 Å². The predicted molar refractivity (Wildman–Crippen MR) is 116 cm³/mol. The average molecular weight is 398 g/mol. The number of benzene rings is 2. The van der Waals surface area contributed by atoms with Crippen LogP contribution in [0, 0.1) is 5.92 Å². The second kappa shape index (κ2) is 7.30. The average Bonchev–Trinajstić information content (AvgIpc) is 3.51. The van der Waals surface area contributed by atoms with Crippen LogP contribution in [0.3, 0.4) is 0 Å². The number of pyridine rings is 1. The van der Waals surface area contributed by atoms with Crippen LogP contribution in [0.4, 0.5) is 0 Å². The number of carbonyl (C=O) groups excluding carboxylic acids is 1. The number of fused-ring (bicyclic) bond motifs is 1. The Morgan fingerprint density at radius 3 is 2.80 bits per heavy atom. The van der Waals surface area contributed by atoms with Crippen molar-refractivity contribution in [2.24, 2.45) is 13.0 Å². The van der Waals surface area contributed by atoms with E-state index in [4.69, 9.17) is 0 Å². The summed E-state index contributed by atoms with van der Waals surface area (Å²) in [6.45, 7) is 0.682. The number of imidazole rings is 1. The molecule has 1 aliphatic carbocycles. The molecule has 30 heavy (non-hydrogen) atoms. The lowest BCUT2D eigenvalue weighted by molar-refractivity contribution is 0.0951. The van der Waals surface area contributed by atoms with Crippen molar-refractivity contribution >= 4 is 17.1 Å². The van der Waals surface area contributed by atoms with E-state index in [1.54, 1.807) is 13.2 Å². The van der Waals surface area contributed by atoms with Crippen molar-refractivity contribution in [1.29, 1.82) is 0 Å². The fraction of sp³-hybridized carbons (Fsp3) is 0.208. The van der Waals surface area contributed by atoms with Crippen LogP contribution < -0.4 is 11.0 Å². The van der Waals surface area contributed by atoms with Gasteiger partial charge in [-0.2, -0.15) is 0 Å². The molecule has 150 valence electrons. The van der Waals surface area contributed by atoms with E-state index in [9.17, 15) is 9.59 Å². The number of rotatable bonds is 5. The molecule has 2 aromatic carbocycles. The van der Waals surface area contributed by atoms with Crippen molar-refractivity contribution in [1.82, 2.24) is 19.9 Å². The topological polar surface area (TPSA) is 79.8 Å². The van der Waals surface area contributed by atoms with Crippen LogP contribution in [0.1, 0.15) is 28.3 Å². The molecule has 0 saturated heterocycles. The summed E-state index contributed by atoms with van der Waals surface area (Å²) in [6.07, 6.45) is 2.83. The summed E-state index contributed by atoms with van der Waals surface area (Å²) in [4.78, 5) is 31.5. The van der Waals surface area contributed by atoms with E-state index in [-0.39, 0.29) is 11.6 Å². The highest BCUT2D eigenvalue weighted by molar-refractivity contribution is 5.95. The fourth-order valence-electron chi connectivity index (χ4n) is 4.01. The lowest BCUT2D eigenvalue weighted by Crippen LogP contribution is -2.25. The Kier molecular flexibility index (Phi) is 4.47. The van der Waals surface area contributed by atoms with Crippen LogP contribution >= 0.6 is 0 Å². The SMILES string of the molecule is Cn1c(=O)[nH]c2ncc(-c3cccc(C(=O)NC[C@@H]4C[C@H]4c4ccccc4)c3)cc21. The maximum absolute atomic E-state index is 12.7. The van der Waals surface area contributed by atoms with Crippen LogP contribution in [-0.4, -0.2) is 27.0 Å². The second-order valence-electron chi connectivity index (χ2n) is 7.88. The molecule has 1 saturated carbocycles. The van der Waals surface area contributed by atoms with Gasteiger partial charge < -0.3 is 5.32 Å². The third-order valence-corrected chi connectivity index (χ3v) is 5.89. The first-order valence-electron chi connectivity index (χ1n) is 10.1. The Labute approximate surface area is 173 Å². The minimum absolute atomic E-state index is 0.0707. The van der Waals surface area contributed by atoms with E-state index in [2.05, 4.69) is 39.6 Å². The van der Waals surface area contributed by atoms with Gasteiger partial charge in [-0.1, -0.05) is 42.5 Å². The second-order valence-corrected chi connectivity index (χ2v) is 7.88. The monoisotopic (exact) mass is 398 g/mol. The number of hydrogen-bond acceptors (Lipinski definition) is 3. The zero-order chi connectivity index (χ0) is 20.7. The maximum Gasteiger partial charge on any atom is 0.327 e. The molecule has 0 radical (unpaired) electrons. The van der Waals surface area contributed by atoms with Gasteiger partial charge in [-0.3, -0.25) is 14.3 Å². The van der Waals surface area contributed by atoms with Gasteiger partial charge in [-0.25, -0.2) is 9.78 Å². The minimum atomic E-state index is -0.198. The number of nitrogens with zero attached hydrogens (tertiary/aromatic N) is 2. The Balaban J connectivity index is 1.30. The van der Waals surface area contributed by atoms with E-state index in [0.717, 1.165) is 23.1 Å². The lowest BCUT2D eigenvalue weighted by Gasteiger charge is -2.08. The largest absolute Gasteiger partial charge is 0.352 e. The smallest absolute Gasteiger partial charge is 0.327 e. The number of aromatic amines is 1. The van der Waals surface area contributed by atoms with Gasteiger partial charge in [0.15, 0.2) is 5.65 Å². The first kappa shape index (κ1) is 18.4. The molecule has 1 aliphatic rings. The molecular formula is C24H22N4O2. The predicted octanol–water partition coefficient (Wildman–Crippen LogP) is 3.46. The molecule has 0 bridgehead atoms. The molecule has 2 heterocycles. The van der Waals surface area contributed by atoms with E-state index in [1.165, 1.54) is 10.1 Å². The summed E-state index contributed by atoms with van der Waals surface area (Å²) in [5.41, 5.74) is 4.80. The molecule has 1 amide bonds. The summed E-state index contributed by atoms with van der Waals surface area (Å²) in [5.74, 6) is 0.975. The Morgan fingerprint density at radius 2 is 1.97 bits per heavy atom. The van der Waals surface area contributed by atoms with Crippen LogP contribution in [0.2, 0.25) is 0 Å². The van der Waals surface area contributed by atoms with Gasteiger partial charge in [0.2, 0.25) is 0 Å². The van der Waals surface area contributed by atoms with Crippen molar-refractivity contribution in [2.75, 3.05) is 6.54 Å². The molecule has 2 aromatic heterocycles. The molecule has 5 rings (SSSR count). The first-order valence-corrected chi connectivity index (χ1v) is 10.1. The third-order valence-electron chi connectivity index (χ3n) is 5.89. The number of aromatic nitrogens is 3. The maximum atomic E-state index is 12.7. The van der Waals surface area contributed by atoms with E-state index in [0.29, 0.717) is 29.6 Å². The summed E-state index contributed by atoms with van der Waals surface area (Å²) in [6, 6.07) is 19.9. The van der Waals surface area contributed by atoms with Gasteiger partial charge in [0.05, 0.1) is 5.52 Å². The Bertz CT molecular complexity index is 1290. The van der Waals surface area contributed by atoms with E-state index < -0.39 is 0 Å². The highest BCUT2D eigenvalue weighted by Crippen LogP contribution is 2.46. The van der Waals surface area contributed by atoms with Gasteiger partial charge in [0, 0.05) is 30.9 Å². The quantitative estimate of drug-likeness (QED) is 0.540. The van der Waals surface area contributed by atoms with Crippen LogP contribution in [-0.2, 0) is 7.05 Å². The standard InChI is InChI=1S/C24H22N4O2/c1-28-21-12-18(13-25-22(21)27-24(28)30)16-8-5-9-17(10-16)23(29)26-14-19-11-20(19)15-6-3-2-4-7-15/h2-10,12-13,19-20H,11,14H2,1H3,(H,26,29)(H,25,27,30)/t19-,20-/m0/s1.